The molecule has 5 nitrogen and oxygen atoms in total. The highest BCUT2D eigenvalue weighted by Gasteiger charge is 2.25. The molecule has 0 fully saturated rings. The molecule has 0 aliphatic heterocycles. The van der Waals surface area contributed by atoms with Gasteiger partial charge in [0, 0.05) is 11.3 Å². The summed E-state index contributed by atoms with van der Waals surface area (Å²) in [7, 11) is 0. The van der Waals surface area contributed by atoms with Gasteiger partial charge in [0.05, 0.1) is 24.5 Å². The largest absolute Gasteiger partial charge is 0.361 e. The minimum absolute atomic E-state index is 0.0254. The highest BCUT2D eigenvalue weighted by atomic mass is 19.1. The van der Waals surface area contributed by atoms with E-state index in [0.29, 0.717) is 12.1 Å². The summed E-state index contributed by atoms with van der Waals surface area (Å²) in [4.78, 5) is 8.11. The predicted octanol–water partition coefficient (Wildman–Crippen LogP) is 3.91. The van der Waals surface area contributed by atoms with Crippen LogP contribution >= 0.6 is 0 Å². The molecule has 0 saturated carbocycles. The lowest BCUT2D eigenvalue weighted by atomic mass is 9.93. The van der Waals surface area contributed by atoms with Crippen molar-refractivity contribution in [3.63, 3.8) is 0 Å². The molecule has 1 unspecified atom stereocenters. The average molecular weight is 351 g/mol. The van der Waals surface area contributed by atoms with E-state index in [4.69, 9.17) is 0 Å². The number of hydrogen-bond donors (Lipinski definition) is 1. The lowest BCUT2D eigenvalue weighted by Gasteiger charge is -2.25. The van der Waals surface area contributed by atoms with E-state index in [1.807, 2.05) is 31.3 Å². The van der Waals surface area contributed by atoms with Crippen LogP contribution in [0.15, 0.2) is 42.9 Å². The van der Waals surface area contributed by atoms with Crippen molar-refractivity contribution in [1.82, 2.24) is 19.7 Å². The Bertz CT molecular complexity index is 890. The second-order valence-corrected chi connectivity index (χ2v) is 6.62. The predicted molar refractivity (Wildman–Crippen MR) is 98.4 cm³/mol. The van der Waals surface area contributed by atoms with Gasteiger partial charge < -0.3 is 5.32 Å². The Labute approximate surface area is 152 Å². The third-order valence-electron chi connectivity index (χ3n) is 4.95. The van der Waals surface area contributed by atoms with E-state index in [1.165, 1.54) is 17.6 Å². The number of halogens is 1. The molecule has 26 heavy (non-hydrogen) atoms. The van der Waals surface area contributed by atoms with E-state index in [0.717, 1.165) is 31.4 Å². The van der Waals surface area contributed by atoms with Gasteiger partial charge in [-0.1, -0.05) is 37.3 Å². The van der Waals surface area contributed by atoms with Crippen LogP contribution in [0.4, 0.5) is 10.2 Å². The second-order valence-electron chi connectivity index (χ2n) is 6.62. The maximum Gasteiger partial charge on any atom is 0.186 e. The third-order valence-corrected chi connectivity index (χ3v) is 4.95. The van der Waals surface area contributed by atoms with Crippen LogP contribution in [0, 0.1) is 5.82 Å². The molecular formula is C20H22FN5. The van der Waals surface area contributed by atoms with Gasteiger partial charge in [0.15, 0.2) is 11.6 Å². The van der Waals surface area contributed by atoms with Crippen molar-refractivity contribution in [2.45, 2.75) is 45.2 Å². The number of nitrogens with zero attached hydrogens (tertiary/aromatic N) is 4. The molecule has 0 radical (unpaired) electrons. The first-order chi connectivity index (χ1) is 12.8. The fourth-order valence-corrected chi connectivity index (χ4v) is 3.58. The molecular weight excluding hydrogens is 329 g/mol. The monoisotopic (exact) mass is 351 g/mol. The van der Waals surface area contributed by atoms with E-state index in [1.54, 1.807) is 0 Å². The van der Waals surface area contributed by atoms with E-state index in [2.05, 4.69) is 37.2 Å². The molecule has 3 aromatic rings. The second kappa shape index (κ2) is 7.23. The molecule has 0 spiro atoms. The molecule has 134 valence electrons. The van der Waals surface area contributed by atoms with Crippen molar-refractivity contribution in [3.8, 4) is 0 Å². The van der Waals surface area contributed by atoms with Crippen LogP contribution in [0.2, 0.25) is 0 Å². The first-order valence-electron chi connectivity index (χ1n) is 9.10. The van der Waals surface area contributed by atoms with E-state index in [9.17, 15) is 4.39 Å². The summed E-state index contributed by atoms with van der Waals surface area (Å²) in [5, 5.41) is 7.87. The molecule has 2 aromatic heterocycles. The zero-order chi connectivity index (χ0) is 17.9. The number of nitrogens with one attached hydrogen (secondary N) is 1. The standard InChI is InChI=1S/C20H22FN5/c1-2-16-19(21)20(23-13-22-16)25-17-9-6-10-18-15(17)11-24-26(18)12-14-7-4-3-5-8-14/h3-5,7-8,11,13,17H,2,6,9-10,12H2,1H3,(H,22,23,25). The number of aromatic nitrogens is 4. The zero-order valence-corrected chi connectivity index (χ0v) is 14.8. The quantitative estimate of drug-likeness (QED) is 0.757. The van der Waals surface area contributed by atoms with E-state index < -0.39 is 0 Å². The van der Waals surface area contributed by atoms with Gasteiger partial charge in [0.1, 0.15) is 6.33 Å². The van der Waals surface area contributed by atoms with E-state index in [-0.39, 0.29) is 17.7 Å². The van der Waals surface area contributed by atoms with Crippen molar-refractivity contribution in [2.24, 2.45) is 0 Å². The molecule has 4 rings (SSSR count). The van der Waals surface area contributed by atoms with E-state index >= 15 is 0 Å². The molecule has 1 N–H and O–H groups in total. The van der Waals surface area contributed by atoms with Crippen molar-refractivity contribution in [3.05, 3.63) is 71.2 Å². The van der Waals surface area contributed by atoms with Crippen LogP contribution in [0.5, 0.6) is 0 Å². The van der Waals surface area contributed by atoms with Crippen molar-refractivity contribution < 1.29 is 4.39 Å². The fourth-order valence-electron chi connectivity index (χ4n) is 3.58. The Morgan fingerprint density at radius 1 is 1.23 bits per heavy atom. The highest BCUT2D eigenvalue weighted by molar-refractivity contribution is 5.42. The Balaban J connectivity index is 1.59. The summed E-state index contributed by atoms with van der Waals surface area (Å²) in [6.45, 7) is 2.65. The topological polar surface area (TPSA) is 55.6 Å². The molecule has 1 aromatic carbocycles. The van der Waals surface area contributed by atoms with Crippen LogP contribution in [-0.2, 0) is 19.4 Å². The van der Waals surface area contributed by atoms with Gasteiger partial charge >= 0.3 is 0 Å². The van der Waals surface area contributed by atoms with Gasteiger partial charge in [0.2, 0.25) is 0 Å². The molecule has 1 aliphatic carbocycles. The van der Waals surface area contributed by atoms with Gasteiger partial charge in [-0.2, -0.15) is 5.10 Å². The summed E-state index contributed by atoms with van der Waals surface area (Å²) >= 11 is 0. The maximum absolute atomic E-state index is 14.5. The van der Waals surface area contributed by atoms with Crippen LogP contribution in [0.3, 0.4) is 0 Å². The summed E-state index contributed by atoms with van der Waals surface area (Å²) in [5.41, 5.74) is 4.03. The summed E-state index contributed by atoms with van der Waals surface area (Å²) in [6.07, 6.45) is 6.86. The lowest BCUT2D eigenvalue weighted by molar-refractivity contribution is 0.546. The maximum atomic E-state index is 14.5. The number of rotatable bonds is 5. The van der Waals surface area contributed by atoms with Crippen LogP contribution in [0.25, 0.3) is 0 Å². The molecule has 0 bridgehead atoms. The molecule has 0 amide bonds. The number of anilines is 1. The molecule has 1 atom stereocenters. The van der Waals surface area contributed by atoms with Gasteiger partial charge in [-0.3, -0.25) is 4.68 Å². The van der Waals surface area contributed by atoms with Crippen molar-refractivity contribution >= 4 is 5.82 Å². The average Bonchev–Trinajstić information content (AvgIpc) is 3.08. The lowest BCUT2D eigenvalue weighted by Crippen LogP contribution is -2.20. The number of benzene rings is 1. The first-order valence-corrected chi connectivity index (χ1v) is 9.10. The van der Waals surface area contributed by atoms with Crippen LogP contribution in [-0.4, -0.2) is 19.7 Å². The smallest absolute Gasteiger partial charge is 0.186 e. The summed E-state index contributed by atoms with van der Waals surface area (Å²) in [5.74, 6) is -0.0655. The van der Waals surface area contributed by atoms with Crippen molar-refractivity contribution in [2.75, 3.05) is 5.32 Å². The van der Waals surface area contributed by atoms with Gasteiger partial charge in [-0.25, -0.2) is 14.4 Å². The third kappa shape index (κ3) is 3.19. The Morgan fingerprint density at radius 2 is 2.08 bits per heavy atom. The van der Waals surface area contributed by atoms with Crippen LogP contribution < -0.4 is 5.32 Å². The number of aryl methyl sites for hydroxylation is 1. The van der Waals surface area contributed by atoms with Crippen molar-refractivity contribution in [1.29, 1.82) is 0 Å². The van der Waals surface area contributed by atoms with Gasteiger partial charge in [0.25, 0.3) is 0 Å². The zero-order valence-electron chi connectivity index (χ0n) is 14.8. The SMILES string of the molecule is CCc1ncnc(NC2CCCc3c2cnn3Cc2ccccc2)c1F. The fraction of sp³-hybridized carbons (Fsp3) is 0.350. The minimum atomic E-state index is -0.348. The highest BCUT2D eigenvalue weighted by Crippen LogP contribution is 2.33. The Kier molecular flexibility index (Phi) is 4.65. The number of hydrogen-bond acceptors (Lipinski definition) is 4. The minimum Gasteiger partial charge on any atom is -0.361 e. The molecule has 1 aliphatic rings. The summed E-state index contributed by atoms with van der Waals surface area (Å²) < 4.78 is 16.6. The van der Waals surface area contributed by atoms with Gasteiger partial charge in [-0.15, -0.1) is 0 Å². The molecule has 0 saturated heterocycles. The molecule has 6 heteroatoms. The Morgan fingerprint density at radius 3 is 2.88 bits per heavy atom. The normalized spacial score (nSPS) is 16.3. The number of fused-ring (bicyclic) bond motifs is 1. The first kappa shape index (κ1) is 16.7. The molecule has 2 heterocycles. The van der Waals surface area contributed by atoms with Gasteiger partial charge in [-0.05, 0) is 31.2 Å². The summed E-state index contributed by atoms with van der Waals surface area (Å²) in [6, 6.07) is 10.3. The Hall–Kier alpha value is -2.76. The van der Waals surface area contributed by atoms with Crippen LogP contribution in [0.1, 0.15) is 48.3 Å².